The number of carbonyl (C=O) groups excluding carboxylic acids is 1. The van der Waals surface area contributed by atoms with Crippen molar-refractivity contribution in [2.45, 2.75) is 0 Å². The zero-order valence-corrected chi connectivity index (χ0v) is 13.3. The van der Waals surface area contributed by atoms with Crippen molar-refractivity contribution in [2.75, 3.05) is 13.2 Å². The molecule has 2 aromatic rings. The molecule has 2 rings (SSSR count). The summed E-state index contributed by atoms with van der Waals surface area (Å²) in [5.41, 5.74) is -0.149. The first-order valence-electron chi connectivity index (χ1n) is 6.47. The van der Waals surface area contributed by atoms with E-state index in [1.54, 1.807) is 0 Å². The number of rotatable bonds is 6. The smallest absolute Gasteiger partial charge is 0.338 e. The zero-order valence-electron chi connectivity index (χ0n) is 11.7. The molecule has 0 aliphatic heterocycles. The normalized spacial score (nSPS) is 10.2. The lowest BCUT2D eigenvalue weighted by Gasteiger charge is -2.07. The second-order valence-corrected chi connectivity index (χ2v) is 5.22. The van der Waals surface area contributed by atoms with Crippen LogP contribution in [0, 0.1) is 15.9 Å². The number of nitrogens with zero attached hydrogens (tertiary/aromatic N) is 1. The number of nitro benzene ring substituents is 1. The van der Waals surface area contributed by atoms with Gasteiger partial charge in [-0.15, -0.1) is 0 Å². The minimum Gasteiger partial charge on any atom is -0.490 e. The van der Waals surface area contributed by atoms with E-state index in [2.05, 4.69) is 15.9 Å². The number of nitro groups is 1. The fourth-order valence-corrected chi connectivity index (χ4v) is 2.08. The van der Waals surface area contributed by atoms with Gasteiger partial charge in [-0.05, 0) is 52.3 Å². The van der Waals surface area contributed by atoms with Gasteiger partial charge in [0.05, 0.1) is 15.0 Å². The number of hydrogen-bond acceptors (Lipinski definition) is 5. The fourth-order valence-electron chi connectivity index (χ4n) is 1.69. The molecular weight excluding hydrogens is 373 g/mol. The number of benzene rings is 2. The molecule has 0 spiro atoms. The molecule has 0 N–H and O–H groups in total. The Morgan fingerprint density at radius 1 is 1.17 bits per heavy atom. The molecule has 0 fully saturated rings. The Kier molecular flexibility index (Phi) is 5.64. The van der Waals surface area contributed by atoms with Gasteiger partial charge in [-0.3, -0.25) is 10.1 Å². The average Bonchev–Trinajstić information content (AvgIpc) is 2.53. The maximum Gasteiger partial charge on any atom is 0.338 e. The van der Waals surface area contributed by atoms with E-state index in [-0.39, 0.29) is 34.8 Å². The Hall–Kier alpha value is -2.48. The number of hydrogen-bond donors (Lipinski definition) is 0. The molecule has 0 aromatic heterocycles. The molecule has 0 unspecified atom stereocenters. The monoisotopic (exact) mass is 383 g/mol. The zero-order chi connectivity index (χ0) is 16.8. The molecular formula is C15H11BrFNO5. The molecule has 0 saturated carbocycles. The molecule has 23 heavy (non-hydrogen) atoms. The summed E-state index contributed by atoms with van der Waals surface area (Å²) in [6.45, 7) is 0.0378. The second kappa shape index (κ2) is 7.68. The molecule has 0 bridgehead atoms. The molecule has 0 saturated heterocycles. The van der Waals surface area contributed by atoms with Gasteiger partial charge in [-0.25, -0.2) is 9.18 Å². The fraction of sp³-hybridized carbons (Fsp3) is 0.133. The van der Waals surface area contributed by atoms with Gasteiger partial charge in [-0.1, -0.05) is 0 Å². The molecule has 0 heterocycles. The third kappa shape index (κ3) is 4.75. The van der Waals surface area contributed by atoms with Crippen LogP contribution in [0.2, 0.25) is 0 Å². The summed E-state index contributed by atoms with van der Waals surface area (Å²) in [4.78, 5) is 22.0. The first kappa shape index (κ1) is 16.9. The lowest BCUT2D eigenvalue weighted by atomic mass is 10.2. The van der Waals surface area contributed by atoms with Crippen molar-refractivity contribution in [1.29, 1.82) is 0 Å². The van der Waals surface area contributed by atoms with Crippen LogP contribution < -0.4 is 4.74 Å². The molecule has 0 radical (unpaired) electrons. The third-order valence-electron chi connectivity index (χ3n) is 2.78. The van der Waals surface area contributed by atoms with E-state index in [1.165, 1.54) is 36.4 Å². The van der Waals surface area contributed by atoms with E-state index >= 15 is 0 Å². The molecule has 0 amide bonds. The van der Waals surface area contributed by atoms with Crippen molar-refractivity contribution < 1.29 is 23.6 Å². The second-order valence-electron chi connectivity index (χ2n) is 4.36. The largest absolute Gasteiger partial charge is 0.490 e. The lowest BCUT2D eigenvalue weighted by molar-refractivity contribution is -0.385. The topological polar surface area (TPSA) is 78.7 Å². The van der Waals surface area contributed by atoms with Gasteiger partial charge in [0.15, 0.2) is 0 Å². The molecule has 6 nitrogen and oxygen atoms in total. The van der Waals surface area contributed by atoms with Crippen molar-refractivity contribution in [3.8, 4) is 5.75 Å². The van der Waals surface area contributed by atoms with Crippen LogP contribution in [0.4, 0.5) is 10.1 Å². The number of ether oxygens (including phenoxy) is 2. The van der Waals surface area contributed by atoms with Crippen LogP contribution in [-0.2, 0) is 4.74 Å². The van der Waals surface area contributed by atoms with Gasteiger partial charge in [0.25, 0.3) is 5.69 Å². The quantitative estimate of drug-likeness (QED) is 0.328. The third-order valence-corrected chi connectivity index (χ3v) is 3.45. The van der Waals surface area contributed by atoms with Crippen molar-refractivity contribution in [3.63, 3.8) is 0 Å². The Balaban J connectivity index is 1.86. The minimum absolute atomic E-state index is 0.0416. The van der Waals surface area contributed by atoms with Gasteiger partial charge in [-0.2, -0.15) is 0 Å². The van der Waals surface area contributed by atoms with Crippen LogP contribution in [0.15, 0.2) is 46.9 Å². The van der Waals surface area contributed by atoms with Crippen LogP contribution in [0.1, 0.15) is 10.4 Å². The summed E-state index contributed by atoms with van der Waals surface area (Å²) < 4.78 is 23.2. The first-order chi connectivity index (χ1) is 11.0. The predicted octanol–water partition coefficient (Wildman–Crippen LogP) is 3.73. The molecule has 2 aromatic carbocycles. The highest BCUT2D eigenvalue weighted by molar-refractivity contribution is 9.10. The van der Waals surface area contributed by atoms with E-state index in [1.807, 2.05) is 0 Å². The van der Waals surface area contributed by atoms with Crippen LogP contribution in [0.25, 0.3) is 0 Å². The standard InChI is InChI=1S/C15H11BrFNO5/c16-13-6-1-10(9-14(13)18(20)21)15(19)23-8-7-22-12-4-2-11(17)3-5-12/h1-6,9H,7-8H2. The maximum atomic E-state index is 12.7. The SMILES string of the molecule is O=C(OCCOc1ccc(F)cc1)c1ccc(Br)c([N+](=O)[O-])c1. The molecule has 0 aliphatic rings. The van der Waals surface area contributed by atoms with E-state index < -0.39 is 10.9 Å². The Bertz CT molecular complexity index is 720. The van der Waals surface area contributed by atoms with Crippen LogP contribution in [-0.4, -0.2) is 24.1 Å². The van der Waals surface area contributed by atoms with Gasteiger partial charge in [0.2, 0.25) is 0 Å². The summed E-state index contributed by atoms with van der Waals surface area (Å²) in [5, 5.41) is 10.8. The van der Waals surface area contributed by atoms with Gasteiger partial charge in [0.1, 0.15) is 24.8 Å². The molecule has 0 aliphatic carbocycles. The van der Waals surface area contributed by atoms with Gasteiger partial charge >= 0.3 is 5.97 Å². The number of halogens is 2. The predicted molar refractivity (Wildman–Crippen MR) is 83.0 cm³/mol. The van der Waals surface area contributed by atoms with Crippen molar-refractivity contribution in [2.24, 2.45) is 0 Å². The average molecular weight is 384 g/mol. The Morgan fingerprint density at radius 3 is 2.52 bits per heavy atom. The highest BCUT2D eigenvalue weighted by Gasteiger charge is 2.16. The summed E-state index contributed by atoms with van der Waals surface area (Å²) in [5.74, 6) is -0.620. The van der Waals surface area contributed by atoms with Crippen molar-refractivity contribution in [3.05, 3.63) is 68.4 Å². The minimum atomic E-state index is -0.691. The molecule has 0 atom stereocenters. The lowest BCUT2D eigenvalue weighted by Crippen LogP contribution is -2.12. The summed E-state index contributed by atoms with van der Waals surface area (Å²) >= 11 is 3.03. The summed E-state index contributed by atoms with van der Waals surface area (Å²) in [7, 11) is 0. The van der Waals surface area contributed by atoms with E-state index in [0.29, 0.717) is 5.75 Å². The highest BCUT2D eigenvalue weighted by atomic mass is 79.9. The van der Waals surface area contributed by atoms with Gasteiger partial charge in [0, 0.05) is 6.07 Å². The van der Waals surface area contributed by atoms with E-state index in [4.69, 9.17) is 9.47 Å². The number of carbonyl (C=O) groups is 1. The maximum absolute atomic E-state index is 12.7. The van der Waals surface area contributed by atoms with Crippen LogP contribution in [0.3, 0.4) is 0 Å². The van der Waals surface area contributed by atoms with E-state index in [9.17, 15) is 19.3 Å². The summed E-state index contributed by atoms with van der Waals surface area (Å²) in [6.07, 6.45) is 0. The van der Waals surface area contributed by atoms with Crippen molar-refractivity contribution in [1.82, 2.24) is 0 Å². The summed E-state index contributed by atoms with van der Waals surface area (Å²) in [6, 6.07) is 9.37. The Morgan fingerprint density at radius 2 is 1.87 bits per heavy atom. The van der Waals surface area contributed by atoms with E-state index in [0.717, 1.165) is 6.07 Å². The van der Waals surface area contributed by atoms with Crippen LogP contribution >= 0.6 is 15.9 Å². The number of esters is 1. The van der Waals surface area contributed by atoms with Crippen LogP contribution in [0.5, 0.6) is 5.75 Å². The van der Waals surface area contributed by atoms with Crippen molar-refractivity contribution >= 4 is 27.6 Å². The molecule has 8 heteroatoms. The highest BCUT2D eigenvalue weighted by Crippen LogP contribution is 2.25. The molecule has 120 valence electrons. The first-order valence-corrected chi connectivity index (χ1v) is 7.26. The Labute approximate surface area is 139 Å². The van der Waals surface area contributed by atoms with Gasteiger partial charge < -0.3 is 9.47 Å².